The second kappa shape index (κ2) is 5.98. The van der Waals surface area contributed by atoms with Gasteiger partial charge in [-0.25, -0.2) is 8.42 Å². The topological polar surface area (TPSA) is 37.4 Å². The summed E-state index contributed by atoms with van der Waals surface area (Å²) >= 11 is 3.37. The van der Waals surface area contributed by atoms with Crippen molar-refractivity contribution in [1.29, 1.82) is 0 Å². The quantitative estimate of drug-likeness (QED) is 0.835. The summed E-state index contributed by atoms with van der Waals surface area (Å²) in [7, 11) is -3.34. The number of hydrogen-bond donors (Lipinski definition) is 0. The van der Waals surface area contributed by atoms with Crippen LogP contribution in [-0.2, 0) is 10.0 Å². The van der Waals surface area contributed by atoms with E-state index in [0.717, 1.165) is 16.5 Å². The molecule has 96 valence electrons. The molecule has 0 aliphatic rings. The van der Waals surface area contributed by atoms with Gasteiger partial charge in [-0.3, -0.25) is 0 Å². The molecule has 0 fully saturated rings. The predicted octanol–water partition coefficient (Wildman–Crippen LogP) is 3.18. The van der Waals surface area contributed by atoms with Crippen molar-refractivity contribution in [2.45, 2.75) is 32.1 Å². The van der Waals surface area contributed by atoms with Gasteiger partial charge in [0.15, 0.2) is 0 Å². The Bertz CT molecular complexity index is 485. The Morgan fingerprint density at radius 2 is 1.94 bits per heavy atom. The van der Waals surface area contributed by atoms with E-state index in [1.165, 1.54) is 4.31 Å². The van der Waals surface area contributed by atoms with E-state index in [2.05, 4.69) is 15.9 Å². The highest BCUT2D eigenvalue weighted by atomic mass is 79.9. The summed E-state index contributed by atoms with van der Waals surface area (Å²) in [4.78, 5) is 0.369. The van der Waals surface area contributed by atoms with Crippen LogP contribution in [0.4, 0.5) is 0 Å². The average Bonchev–Trinajstić information content (AvgIpc) is 2.29. The first-order valence-electron chi connectivity index (χ1n) is 5.69. The third kappa shape index (κ3) is 3.30. The van der Waals surface area contributed by atoms with Crippen LogP contribution in [0.1, 0.15) is 25.8 Å². The van der Waals surface area contributed by atoms with Gasteiger partial charge in [-0.05, 0) is 37.1 Å². The van der Waals surface area contributed by atoms with Gasteiger partial charge in [0.2, 0.25) is 10.0 Å². The lowest BCUT2D eigenvalue weighted by atomic mass is 10.2. The molecule has 0 aliphatic carbocycles. The zero-order valence-electron chi connectivity index (χ0n) is 10.4. The Balaban J connectivity index is 3.15. The minimum absolute atomic E-state index is 0.369. The van der Waals surface area contributed by atoms with Crippen molar-refractivity contribution in [1.82, 2.24) is 4.31 Å². The summed E-state index contributed by atoms with van der Waals surface area (Å²) in [5, 5.41) is 0. The molecule has 0 aliphatic heterocycles. The Labute approximate surface area is 112 Å². The van der Waals surface area contributed by atoms with Crippen LogP contribution < -0.4 is 0 Å². The van der Waals surface area contributed by atoms with Crippen LogP contribution in [0.5, 0.6) is 0 Å². The zero-order chi connectivity index (χ0) is 13.1. The van der Waals surface area contributed by atoms with Crippen LogP contribution in [0.2, 0.25) is 0 Å². The van der Waals surface area contributed by atoms with Gasteiger partial charge in [0.05, 0.1) is 4.90 Å². The van der Waals surface area contributed by atoms with Gasteiger partial charge >= 0.3 is 0 Å². The van der Waals surface area contributed by atoms with Crippen LogP contribution >= 0.6 is 15.9 Å². The fraction of sp³-hybridized carbons (Fsp3) is 0.500. The smallest absolute Gasteiger partial charge is 0.207 e. The first-order valence-corrected chi connectivity index (χ1v) is 7.93. The molecule has 0 saturated heterocycles. The molecule has 3 nitrogen and oxygen atoms in total. The van der Waals surface area contributed by atoms with Crippen LogP contribution in [-0.4, -0.2) is 25.8 Å². The van der Waals surface area contributed by atoms with Crippen molar-refractivity contribution in [3.8, 4) is 0 Å². The number of sulfonamides is 1. The molecule has 1 aromatic carbocycles. The molecule has 17 heavy (non-hydrogen) atoms. The molecule has 0 atom stereocenters. The molecule has 0 radical (unpaired) electrons. The number of aryl methyl sites for hydroxylation is 1. The minimum Gasteiger partial charge on any atom is -0.207 e. The number of benzene rings is 1. The monoisotopic (exact) mass is 319 g/mol. The Morgan fingerprint density at radius 3 is 2.41 bits per heavy atom. The summed E-state index contributed by atoms with van der Waals surface area (Å²) in [5.41, 5.74) is 0.929. The highest BCUT2D eigenvalue weighted by Crippen LogP contribution is 2.22. The first-order chi connectivity index (χ1) is 7.93. The molecule has 0 N–H and O–H groups in total. The molecule has 1 aromatic rings. The number of nitrogens with zero attached hydrogens (tertiary/aromatic N) is 1. The van der Waals surface area contributed by atoms with Crippen molar-refractivity contribution >= 4 is 26.0 Å². The zero-order valence-corrected chi connectivity index (χ0v) is 12.8. The minimum atomic E-state index is -3.34. The fourth-order valence-corrected chi connectivity index (χ4v) is 3.50. The highest BCUT2D eigenvalue weighted by Gasteiger charge is 2.22. The molecule has 1 rings (SSSR count). The van der Waals surface area contributed by atoms with E-state index in [-0.39, 0.29) is 0 Å². The largest absolute Gasteiger partial charge is 0.243 e. The van der Waals surface area contributed by atoms with Crippen LogP contribution in [0.3, 0.4) is 0 Å². The van der Waals surface area contributed by atoms with Gasteiger partial charge in [-0.2, -0.15) is 4.31 Å². The lowest BCUT2D eigenvalue weighted by molar-refractivity contribution is 0.427. The molecule has 0 amide bonds. The molecule has 0 aromatic heterocycles. The molecule has 0 spiro atoms. The van der Waals surface area contributed by atoms with Gasteiger partial charge in [0.1, 0.15) is 0 Å². The standard InChI is InChI=1S/C12H18BrNO2S/c1-4-8-14(5-2)17(15,16)11-6-7-12(13)10(3)9-11/h6-7,9H,4-5,8H2,1-3H3. The van der Waals surface area contributed by atoms with Gasteiger partial charge in [0, 0.05) is 17.6 Å². The molecule has 5 heteroatoms. The molecule has 0 unspecified atom stereocenters. The van der Waals surface area contributed by atoms with Crippen LogP contribution in [0.25, 0.3) is 0 Å². The van der Waals surface area contributed by atoms with Crippen molar-refractivity contribution in [3.63, 3.8) is 0 Å². The molecular weight excluding hydrogens is 302 g/mol. The van der Waals surface area contributed by atoms with E-state index >= 15 is 0 Å². The van der Waals surface area contributed by atoms with Crippen LogP contribution in [0.15, 0.2) is 27.6 Å². The van der Waals surface area contributed by atoms with Crippen molar-refractivity contribution in [2.24, 2.45) is 0 Å². The van der Waals surface area contributed by atoms with Crippen molar-refractivity contribution < 1.29 is 8.42 Å². The Morgan fingerprint density at radius 1 is 1.29 bits per heavy atom. The normalized spacial score (nSPS) is 12.1. The maximum absolute atomic E-state index is 12.3. The Hall–Kier alpha value is -0.390. The van der Waals surface area contributed by atoms with E-state index in [4.69, 9.17) is 0 Å². The van der Waals surface area contributed by atoms with Gasteiger partial charge in [0.25, 0.3) is 0 Å². The lowest BCUT2D eigenvalue weighted by Gasteiger charge is -2.20. The van der Waals surface area contributed by atoms with E-state index in [9.17, 15) is 8.42 Å². The van der Waals surface area contributed by atoms with Crippen molar-refractivity contribution in [2.75, 3.05) is 13.1 Å². The summed E-state index contributed by atoms with van der Waals surface area (Å²) in [6, 6.07) is 5.13. The van der Waals surface area contributed by atoms with Crippen molar-refractivity contribution in [3.05, 3.63) is 28.2 Å². The third-order valence-electron chi connectivity index (χ3n) is 2.59. The molecule has 0 heterocycles. The lowest BCUT2D eigenvalue weighted by Crippen LogP contribution is -2.31. The third-order valence-corrected chi connectivity index (χ3v) is 5.45. The SMILES string of the molecule is CCCN(CC)S(=O)(=O)c1ccc(Br)c(C)c1. The van der Waals surface area contributed by atoms with E-state index in [1.807, 2.05) is 20.8 Å². The number of hydrogen-bond acceptors (Lipinski definition) is 2. The predicted molar refractivity (Wildman–Crippen MR) is 73.6 cm³/mol. The average molecular weight is 320 g/mol. The second-order valence-corrected chi connectivity index (χ2v) is 6.70. The molecule has 0 saturated carbocycles. The summed E-state index contributed by atoms with van der Waals surface area (Å²) in [6.45, 7) is 6.79. The summed E-state index contributed by atoms with van der Waals surface area (Å²) in [6.07, 6.45) is 0.822. The number of halogens is 1. The van der Waals surface area contributed by atoms with E-state index in [0.29, 0.717) is 18.0 Å². The van der Waals surface area contributed by atoms with Gasteiger partial charge < -0.3 is 0 Å². The first kappa shape index (κ1) is 14.7. The molecular formula is C12H18BrNO2S. The summed E-state index contributed by atoms with van der Waals surface area (Å²) < 4.78 is 27.1. The highest BCUT2D eigenvalue weighted by molar-refractivity contribution is 9.10. The Kier molecular flexibility index (Phi) is 5.16. The van der Waals surface area contributed by atoms with Gasteiger partial charge in [-0.15, -0.1) is 0 Å². The van der Waals surface area contributed by atoms with E-state index in [1.54, 1.807) is 18.2 Å². The van der Waals surface area contributed by atoms with Crippen LogP contribution in [0, 0.1) is 6.92 Å². The number of rotatable bonds is 5. The van der Waals surface area contributed by atoms with Gasteiger partial charge in [-0.1, -0.05) is 29.8 Å². The second-order valence-electron chi connectivity index (χ2n) is 3.91. The molecule has 0 bridgehead atoms. The summed E-state index contributed by atoms with van der Waals surface area (Å²) in [5.74, 6) is 0. The maximum atomic E-state index is 12.3. The maximum Gasteiger partial charge on any atom is 0.243 e. The van der Waals surface area contributed by atoms with E-state index < -0.39 is 10.0 Å². The fourth-order valence-electron chi connectivity index (χ4n) is 1.62.